The summed E-state index contributed by atoms with van der Waals surface area (Å²) in [4.78, 5) is 12.0. The van der Waals surface area contributed by atoms with Gasteiger partial charge in [-0.1, -0.05) is 31.2 Å². The zero-order valence-electron chi connectivity index (χ0n) is 9.82. The number of rotatable bonds is 3. The van der Waals surface area contributed by atoms with Gasteiger partial charge in [0.05, 0.1) is 0 Å². The van der Waals surface area contributed by atoms with Gasteiger partial charge in [-0.2, -0.15) is 0 Å². The van der Waals surface area contributed by atoms with Crippen molar-refractivity contribution in [3.8, 4) is 5.75 Å². The van der Waals surface area contributed by atoms with Crippen LogP contribution in [0.1, 0.15) is 25.7 Å². The summed E-state index contributed by atoms with van der Waals surface area (Å²) in [7, 11) is 0. The van der Waals surface area contributed by atoms with E-state index < -0.39 is 0 Å². The molecule has 2 fully saturated rings. The number of esters is 1. The van der Waals surface area contributed by atoms with E-state index in [0.29, 0.717) is 17.2 Å². The first-order chi connectivity index (χ1) is 8.22. The third-order valence-electron chi connectivity index (χ3n) is 4.21. The second kappa shape index (κ2) is 3.73. The molecule has 0 bridgehead atoms. The summed E-state index contributed by atoms with van der Waals surface area (Å²) in [6, 6.07) is 9.21. The molecule has 0 amide bonds. The fourth-order valence-electron chi connectivity index (χ4n) is 3.11. The summed E-state index contributed by atoms with van der Waals surface area (Å²) in [6.07, 6.45) is 4.72. The van der Waals surface area contributed by atoms with Gasteiger partial charge in [0.1, 0.15) is 5.75 Å². The van der Waals surface area contributed by atoms with E-state index in [9.17, 15) is 4.79 Å². The van der Waals surface area contributed by atoms with Gasteiger partial charge >= 0.3 is 5.97 Å². The number of ether oxygens (including phenoxy) is 1. The van der Waals surface area contributed by atoms with Crippen LogP contribution in [0.2, 0.25) is 0 Å². The van der Waals surface area contributed by atoms with Gasteiger partial charge in [-0.15, -0.1) is 0 Å². The minimum Gasteiger partial charge on any atom is -0.423 e. The first kappa shape index (κ1) is 10.6. The molecule has 1 aromatic carbocycles. The molecule has 1 aromatic rings. The van der Waals surface area contributed by atoms with E-state index in [2.05, 4.69) is 6.58 Å². The molecule has 3 rings (SSSR count). The second-order valence-corrected chi connectivity index (χ2v) is 5.13. The van der Waals surface area contributed by atoms with Crippen molar-refractivity contribution in [2.45, 2.75) is 25.7 Å². The maximum Gasteiger partial charge on any atom is 0.339 e. The number of hydrogen-bond donors (Lipinski definition) is 0. The van der Waals surface area contributed by atoms with Crippen molar-refractivity contribution in [3.05, 3.63) is 42.5 Å². The molecule has 2 atom stereocenters. The molecule has 0 radical (unpaired) electrons. The van der Waals surface area contributed by atoms with Gasteiger partial charge in [-0.05, 0) is 37.3 Å². The molecule has 2 heteroatoms. The van der Waals surface area contributed by atoms with Gasteiger partial charge in [0.25, 0.3) is 0 Å². The Labute approximate surface area is 101 Å². The van der Waals surface area contributed by atoms with Gasteiger partial charge in [-0.3, -0.25) is 0 Å². The Morgan fingerprint density at radius 2 is 2.12 bits per heavy atom. The van der Waals surface area contributed by atoms with Crippen LogP contribution in [0.25, 0.3) is 0 Å². The van der Waals surface area contributed by atoms with Crippen LogP contribution in [0.5, 0.6) is 5.75 Å². The van der Waals surface area contributed by atoms with Crippen LogP contribution in [0.15, 0.2) is 42.5 Å². The van der Waals surface area contributed by atoms with Crippen molar-refractivity contribution in [3.63, 3.8) is 0 Å². The smallest absolute Gasteiger partial charge is 0.339 e. The highest BCUT2D eigenvalue weighted by Gasteiger charge is 2.60. The van der Waals surface area contributed by atoms with E-state index >= 15 is 0 Å². The lowest BCUT2D eigenvalue weighted by Gasteiger charge is -2.14. The topological polar surface area (TPSA) is 26.3 Å². The quantitative estimate of drug-likeness (QED) is 0.450. The number of fused-ring (bicyclic) bond motifs is 1. The van der Waals surface area contributed by atoms with Gasteiger partial charge in [0.15, 0.2) is 0 Å². The summed E-state index contributed by atoms with van der Waals surface area (Å²) in [6.45, 7) is 3.97. The first-order valence-electron chi connectivity index (χ1n) is 6.19. The average Bonchev–Trinajstić information content (AvgIpc) is 2.92. The van der Waals surface area contributed by atoms with Gasteiger partial charge < -0.3 is 4.74 Å². The van der Waals surface area contributed by atoms with Crippen molar-refractivity contribution in [1.29, 1.82) is 0 Å². The molecule has 0 heterocycles. The molecule has 88 valence electrons. The maximum atomic E-state index is 12.0. The van der Waals surface area contributed by atoms with Crippen molar-refractivity contribution in [1.82, 2.24) is 0 Å². The number of hydrogen-bond acceptors (Lipinski definition) is 2. The molecule has 2 saturated carbocycles. The van der Waals surface area contributed by atoms with E-state index in [-0.39, 0.29) is 11.4 Å². The monoisotopic (exact) mass is 228 g/mol. The molecular formula is C15H16O2. The standard InChI is InChI=1S/C15H16O2/c1-11(15-9-5-6-12(15)10-15)14(16)17-13-7-3-2-4-8-13/h2-4,7-8,12H,1,5-6,9-10H2. The predicted octanol–water partition coefficient (Wildman–Crippen LogP) is 3.34. The summed E-state index contributed by atoms with van der Waals surface area (Å²) in [5.41, 5.74) is 0.787. The third kappa shape index (κ3) is 1.68. The molecule has 17 heavy (non-hydrogen) atoms. The average molecular weight is 228 g/mol. The van der Waals surface area contributed by atoms with E-state index in [1.807, 2.05) is 18.2 Å². The molecule has 0 spiro atoms. The van der Waals surface area contributed by atoms with Crippen molar-refractivity contribution in [2.75, 3.05) is 0 Å². The number of benzene rings is 1. The minimum atomic E-state index is -0.249. The van der Waals surface area contributed by atoms with E-state index in [4.69, 9.17) is 4.74 Å². The normalized spacial score (nSPS) is 29.5. The van der Waals surface area contributed by atoms with Crippen molar-refractivity contribution in [2.24, 2.45) is 11.3 Å². The fourth-order valence-corrected chi connectivity index (χ4v) is 3.11. The molecule has 0 saturated heterocycles. The Morgan fingerprint density at radius 3 is 2.71 bits per heavy atom. The Bertz CT molecular complexity index is 463. The van der Waals surface area contributed by atoms with Crippen LogP contribution in [0.4, 0.5) is 0 Å². The molecule has 0 N–H and O–H groups in total. The van der Waals surface area contributed by atoms with Crippen molar-refractivity contribution >= 4 is 5.97 Å². The first-order valence-corrected chi connectivity index (χ1v) is 6.19. The lowest BCUT2D eigenvalue weighted by Crippen LogP contribution is -2.18. The highest BCUT2D eigenvalue weighted by Crippen LogP contribution is 2.67. The van der Waals surface area contributed by atoms with Crippen LogP contribution in [-0.2, 0) is 4.79 Å². The number of para-hydroxylation sites is 1. The zero-order chi connectivity index (χ0) is 11.9. The van der Waals surface area contributed by atoms with Gasteiger partial charge in [0, 0.05) is 11.0 Å². The fraction of sp³-hybridized carbons (Fsp3) is 0.400. The SMILES string of the molecule is C=C(C(=O)Oc1ccccc1)C12CCCC1C2. The van der Waals surface area contributed by atoms with Crippen LogP contribution >= 0.6 is 0 Å². The van der Waals surface area contributed by atoms with Gasteiger partial charge in [-0.25, -0.2) is 4.79 Å². The summed E-state index contributed by atoms with van der Waals surface area (Å²) < 4.78 is 5.34. The molecule has 0 aliphatic heterocycles. The number of carbonyl (C=O) groups excluding carboxylic acids is 1. The highest BCUT2D eigenvalue weighted by molar-refractivity contribution is 5.92. The van der Waals surface area contributed by atoms with Crippen LogP contribution < -0.4 is 4.74 Å². The Hall–Kier alpha value is -1.57. The zero-order valence-corrected chi connectivity index (χ0v) is 9.82. The Kier molecular flexibility index (Phi) is 2.32. The maximum absolute atomic E-state index is 12.0. The second-order valence-electron chi connectivity index (χ2n) is 5.13. The van der Waals surface area contributed by atoms with Crippen LogP contribution in [0.3, 0.4) is 0 Å². The van der Waals surface area contributed by atoms with Gasteiger partial charge in [0.2, 0.25) is 0 Å². The lowest BCUT2D eigenvalue weighted by atomic mass is 9.94. The molecule has 0 aromatic heterocycles. The Morgan fingerprint density at radius 1 is 1.35 bits per heavy atom. The van der Waals surface area contributed by atoms with E-state index in [0.717, 1.165) is 12.8 Å². The van der Waals surface area contributed by atoms with E-state index in [1.165, 1.54) is 12.8 Å². The number of carbonyl (C=O) groups is 1. The molecule has 2 unspecified atom stereocenters. The largest absolute Gasteiger partial charge is 0.423 e. The molecule has 2 aliphatic rings. The Balaban J connectivity index is 1.69. The van der Waals surface area contributed by atoms with Crippen molar-refractivity contribution < 1.29 is 9.53 Å². The highest BCUT2D eigenvalue weighted by atomic mass is 16.5. The van der Waals surface area contributed by atoms with Crippen LogP contribution in [-0.4, -0.2) is 5.97 Å². The predicted molar refractivity (Wildman–Crippen MR) is 65.6 cm³/mol. The summed E-state index contributed by atoms with van der Waals surface area (Å²) in [5.74, 6) is 1.05. The molecule has 2 nitrogen and oxygen atoms in total. The third-order valence-corrected chi connectivity index (χ3v) is 4.21. The summed E-state index contributed by atoms with van der Waals surface area (Å²) in [5, 5.41) is 0. The lowest BCUT2D eigenvalue weighted by molar-refractivity contribution is -0.130. The van der Waals surface area contributed by atoms with Crippen LogP contribution in [0, 0.1) is 11.3 Å². The molecular weight excluding hydrogens is 212 g/mol. The van der Waals surface area contributed by atoms with E-state index in [1.54, 1.807) is 12.1 Å². The minimum absolute atomic E-state index is 0.103. The molecule has 2 aliphatic carbocycles. The summed E-state index contributed by atoms with van der Waals surface area (Å²) >= 11 is 0.